The first-order valence-electron chi connectivity index (χ1n) is 11.8. The van der Waals surface area contributed by atoms with Gasteiger partial charge in [0.25, 0.3) is 0 Å². The Labute approximate surface area is 190 Å². The molecule has 0 bridgehead atoms. The van der Waals surface area contributed by atoms with Crippen molar-refractivity contribution in [1.82, 2.24) is 0 Å². The Balaban J connectivity index is 1.28. The van der Waals surface area contributed by atoms with Crippen LogP contribution in [0.3, 0.4) is 0 Å². The predicted octanol–water partition coefficient (Wildman–Crippen LogP) is 3.35. The maximum absolute atomic E-state index is 13.3. The summed E-state index contributed by atoms with van der Waals surface area (Å²) < 4.78 is 34.7. The van der Waals surface area contributed by atoms with E-state index < -0.39 is 5.79 Å². The molecule has 7 heteroatoms. The normalized spacial score (nSPS) is 34.7. The van der Waals surface area contributed by atoms with E-state index in [-0.39, 0.29) is 36.6 Å². The molecule has 1 aromatic rings. The Morgan fingerprint density at radius 2 is 1.97 bits per heavy atom. The van der Waals surface area contributed by atoms with Gasteiger partial charge in [-0.25, -0.2) is 0 Å². The largest absolute Gasteiger partial charge is 0.382 e. The third-order valence-corrected chi connectivity index (χ3v) is 6.90. The van der Waals surface area contributed by atoms with Crippen molar-refractivity contribution in [2.75, 3.05) is 40.3 Å². The molecule has 0 radical (unpaired) electrons. The zero-order valence-corrected chi connectivity index (χ0v) is 19.2. The molecular weight excluding hydrogens is 412 g/mol. The van der Waals surface area contributed by atoms with Crippen LogP contribution in [0.2, 0.25) is 0 Å². The number of carbonyl (C=O) groups excluding carboxylic acids is 1. The molecule has 0 N–H and O–H groups in total. The van der Waals surface area contributed by atoms with Crippen LogP contribution < -0.4 is 0 Å². The Morgan fingerprint density at radius 3 is 2.78 bits per heavy atom. The minimum absolute atomic E-state index is 0.0898. The number of Topliss-reactive ketones (excluding diaryl/α,β-unsaturated/α-hetero) is 1. The molecule has 2 saturated heterocycles. The van der Waals surface area contributed by atoms with Crippen molar-refractivity contribution in [3.63, 3.8) is 0 Å². The Morgan fingerprint density at radius 1 is 1.12 bits per heavy atom. The second-order valence-electron chi connectivity index (χ2n) is 9.28. The molecule has 2 heterocycles. The molecule has 2 aliphatic heterocycles. The van der Waals surface area contributed by atoms with Gasteiger partial charge in [0, 0.05) is 32.0 Å². The Hall–Kier alpha value is -1.35. The molecule has 7 nitrogen and oxygen atoms in total. The highest BCUT2D eigenvalue weighted by Crippen LogP contribution is 2.47. The molecule has 4 rings (SSSR count). The second-order valence-corrected chi connectivity index (χ2v) is 9.28. The van der Waals surface area contributed by atoms with Crippen molar-refractivity contribution in [2.24, 2.45) is 17.8 Å². The van der Waals surface area contributed by atoms with Crippen LogP contribution in [0.15, 0.2) is 30.3 Å². The van der Waals surface area contributed by atoms with Crippen LogP contribution in [0.25, 0.3) is 0 Å². The molecule has 1 saturated carbocycles. The van der Waals surface area contributed by atoms with Gasteiger partial charge in [-0.2, -0.15) is 0 Å². The fourth-order valence-electron chi connectivity index (χ4n) is 5.01. The van der Waals surface area contributed by atoms with E-state index in [9.17, 15) is 4.79 Å². The van der Waals surface area contributed by atoms with Crippen molar-refractivity contribution in [1.29, 1.82) is 0 Å². The lowest BCUT2D eigenvalue weighted by molar-refractivity contribution is -0.274. The van der Waals surface area contributed by atoms with Crippen LogP contribution in [-0.2, 0) is 39.8 Å². The van der Waals surface area contributed by atoms with E-state index in [4.69, 9.17) is 28.4 Å². The van der Waals surface area contributed by atoms with Gasteiger partial charge < -0.3 is 28.4 Å². The van der Waals surface area contributed by atoms with Gasteiger partial charge in [-0.1, -0.05) is 37.3 Å². The summed E-state index contributed by atoms with van der Waals surface area (Å²) in [6.07, 6.45) is 2.81. The molecule has 6 unspecified atom stereocenters. The number of hydrogen-bond donors (Lipinski definition) is 0. The SMILES string of the molecule is COCCOCOC1CC2(OCC1C)OC1CC(COCc3ccccc3)CCC1C2=O. The van der Waals surface area contributed by atoms with Crippen LogP contribution in [0.4, 0.5) is 0 Å². The van der Waals surface area contributed by atoms with E-state index >= 15 is 0 Å². The zero-order chi connectivity index (χ0) is 22.4. The van der Waals surface area contributed by atoms with Crippen molar-refractivity contribution >= 4 is 5.78 Å². The number of hydrogen-bond acceptors (Lipinski definition) is 7. The summed E-state index contributed by atoms with van der Waals surface area (Å²) in [4.78, 5) is 13.3. The summed E-state index contributed by atoms with van der Waals surface area (Å²) in [5, 5.41) is 0. The maximum atomic E-state index is 13.3. The summed E-state index contributed by atoms with van der Waals surface area (Å²) in [6, 6.07) is 10.2. The van der Waals surface area contributed by atoms with Crippen LogP contribution in [-0.4, -0.2) is 64.1 Å². The Kier molecular flexibility index (Phi) is 8.32. The third kappa shape index (κ3) is 5.58. The molecule has 6 atom stereocenters. The second kappa shape index (κ2) is 11.2. The highest BCUT2D eigenvalue weighted by Gasteiger charge is 2.59. The van der Waals surface area contributed by atoms with Crippen LogP contribution in [0.5, 0.6) is 0 Å². The molecule has 0 amide bonds. The van der Waals surface area contributed by atoms with Crippen molar-refractivity contribution in [3.8, 4) is 0 Å². The standard InChI is InChI=1S/C25H36O7/c1-18-14-31-25(13-23(18)30-17-28-11-10-27-2)24(26)21-9-8-20(12-22(21)32-25)16-29-15-19-6-4-3-5-7-19/h3-7,18,20-23H,8-17H2,1-2H3. The van der Waals surface area contributed by atoms with Gasteiger partial charge in [-0.15, -0.1) is 0 Å². The minimum Gasteiger partial charge on any atom is -0.382 e. The van der Waals surface area contributed by atoms with Gasteiger partial charge in [0.15, 0.2) is 5.78 Å². The van der Waals surface area contributed by atoms with Gasteiger partial charge in [0.05, 0.1) is 38.6 Å². The first-order chi connectivity index (χ1) is 15.6. The van der Waals surface area contributed by atoms with Crippen molar-refractivity contribution in [2.45, 2.75) is 57.2 Å². The van der Waals surface area contributed by atoms with Crippen LogP contribution in [0.1, 0.15) is 38.2 Å². The molecule has 1 aliphatic carbocycles. The zero-order valence-electron chi connectivity index (χ0n) is 19.2. The van der Waals surface area contributed by atoms with E-state index in [2.05, 4.69) is 19.1 Å². The molecular formula is C25H36O7. The molecule has 1 aromatic carbocycles. The first kappa shape index (κ1) is 23.8. The summed E-state index contributed by atoms with van der Waals surface area (Å²) in [7, 11) is 1.64. The van der Waals surface area contributed by atoms with E-state index in [0.717, 1.165) is 19.3 Å². The lowest BCUT2D eigenvalue weighted by Crippen LogP contribution is -2.51. The van der Waals surface area contributed by atoms with Gasteiger partial charge in [-0.05, 0) is 30.7 Å². The topological polar surface area (TPSA) is 72.5 Å². The van der Waals surface area contributed by atoms with Gasteiger partial charge in [0.1, 0.15) is 6.79 Å². The predicted molar refractivity (Wildman–Crippen MR) is 117 cm³/mol. The molecule has 3 aliphatic rings. The van der Waals surface area contributed by atoms with Crippen molar-refractivity contribution in [3.05, 3.63) is 35.9 Å². The fourth-order valence-corrected chi connectivity index (χ4v) is 5.01. The number of ether oxygens (including phenoxy) is 6. The average Bonchev–Trinajstić information content (AvgIpc) is 3.07. The number of benzene rings is 1. The van der Waals surface area contributed by atoms with Crippen LogP contribution in [0, 0.1) is 17.8 Å². The number of carbonyl (C=O) groups is 1. The fraction of sp³-hybridized carbons (Fsp3) is 0.720. The first-order valence-corrected chi connectivity index (χ1v) is 11.8. The van der Waals surface area contributed by atoms with Gasteiger partial charge in [0.2, 0.25) is 5.79 Å². The number of rotatable bonds is 10. The third-order valence-electron chi connectivity index (χ3n) is 6.90. The summed E-state index contributed by atoms with van der Waals surface area (Å²) in [5.41, 5.74) is 1.18. The number of methoxy groups -OCH3 is 1. The van der Waals surface area contributed by atoms with Crippen molar-refractivity contribution < 1.29 is 33.2 Å². The number of ketones is 1. The van der Waals surface area contributed by atoms with Gasteiger partial charge >= 0.3 is 0 Å². The van der Waals surface area contributed by atoms with Gasteiger partial charge in [-0.3, -0.25) is 4.79 Å². The lowest BCUT2D eigenvalue weighted by Gasteiger charge is -2.39. The summed E-state index contributed by atoms with van der Waals surface area (Å²) in [5.74, 6) is -0.602. The average molecular weight is 449 g/mol. The number of fused-ring (bicyclic) bond motifs is 1. The lowest BCUT2D eigenvalue weighted by atomic mass is 9.78. The highest BCUT2D eigenvalue weighted by atomic mass is 16.7. The van der Waals surface area contributed by atoms with E-state index in [1.54, 1.807) is 7.11 Å². The molecule has 0 aromatic heterocycles. The molecule has 3 fully saturated rings. The van der Waals surface area contributed by atoms with E-state index in [0.29, 0.717) is 45.4 Å². The van der Waals surface area contributed by atoms with Crippen LogP contribution >= 0.6 is 0 Å². The summed E-state index contributed by atoms with van der Waals surface area (Å²) in [6.45, 7) is 4.99. The molecule has 32 heavy (non-hydrogen) atoms. The van der Waals surface area contributed by atoms with E-state index in [1.807, 2.05) is 18.2 Å². The molecule has 1 spiro atoms. The maximum Gasteiger partial charge on any atom is 0.232 e. The minimum atomic E-state index is -1.17. The monoisotopic (exact) mass is 448 g/mol. The smallest absolute Gasteiger partial charge is 0.232 e. The summed E-state index contributed by atoms with van der Waals surface area (Å²) >= 11 is 0. The highest BCUT2D eigenvalue weighted by molar-refractivity contribution is 5.90. The molecule has 178 valence electrons. The van der Waals surface area contributed by atoms with E-state index in [1.165, 1.54) is 5.56 Å². The Bertz CT molecular complexity index is 726. The quantitative estimate of drug-likeness (QED) is 0.401.